The number of tetrazole rings is 1. The number of β-lactam (4-membered cyclic amide) rings is 1. The minimum atomic E-state index is -1.72. The van der Waals surface area contributed by atoms with Crippen LogP contribution in [0.25, 0.3) is 0 Å². The fourth-order valence-corrected chi connectivity index (χ4v) is 6.34. The Morgan fingerprint density at radius 2 is 2.09 bits per heavy atom. The van der Waals surface area contributed by atoms with Gasteiger partial charge in [0.05, 0.1) is 5.75 Å². The number of carbonyl (C=O) groups excluding carboxylic acids is 2. The Balaban J connectivity index is 0.00000306. The second kappa shape index (κ2) is 13.2. The zero-order chi connectivity index (χ0) is 24.3. The fraction of sp³-hybridized carbons (Fsp3) is 0.562. The Morgan fingerprint density at radius 1 is 1.40 bits per heavy atom. The van der Waals surface area contributed by atoms with Crippen molar-refractivity contribution in [2.75, 3.05) is 30.1 Å². The third kappa shape index (κ3) is 6.50. The number of hydrogen-bond donors (Lipinski definition) is 4. The average molecular weight is 562 g/mol. The normalized spacial score (nSPS) is 21.7. The number of nitrogens with zero attached hydrogens (tertiary/aromatic N) is 5. The molecule has 0 saturated carbocycles. The maximum atomic E-state index is 13.0. The summed E-state index contributed by atoms with van der Waals surface area (Å²) in [5.41, 5.74) is 4.05. The molecular weight excluding hydrogens is 537 g/mol. The number of nitrogens with two attached hydrogens (primary N) is 1. The molecule has 0 aromatic carbocycles. The van der Waals surface area contributed by atoms with E-state index in [9.17, 15) is 24.3 Å². The predicted octanol–water partition coefficient (Wildman–Crippen LogP) is -3.31. The van der Waals surface area contributed by atoms with Crippen LogP contribution in [0.2, 0.25) is 0 Å². The summed E-state index contributed by atoms with van der Waals surface area (Å²) in [6.07, 6.45) is 0. The monoisotopic (exact) mass is 561 g/mol. The summed E-state index contributed by atoms with van der Waals surface area (Å²) in [6, 6.07) is -1.12. The van der Waals surface area contributed by atoms with Crippen molar-refractivity contribution in [1.29, 1.82) is 0 Å². The fourth-order valence-electron chi connectivity index (χ4n) is 3.14. The molecule has 1 aromatic rings. The number of aryl methyl sites for hydroxylation is 1. The van der Waals surface area contributed by atoms with E-state index in [2.05, 4.69) is 20.8 Å². The van der Waals surface area contributed by atoms with Crippen LogP contribution >= 0.6 is 35.3 Å². The van der Waals surface area contributed by atoms with Crippen molar-refractivity contribution in [2.24, 2.45) is 12.8 Å². The summed E-state index contributed by atoms with van der Waals surface area (Å²) in [7, 11) is 2.91. The van der Waals surface area contributed by atoms with E-state index in [0.717, 1.165) is 16.7 Å². The minimum absolute atomic E-state index is 0. The Morgan fingerprint density at radius 3 is 2.63 bits per heavy atom. The van der Waals surface area contributed by atoms with Crippen LogP contribution in [0, 0.1) is 0 Å². The zero-order valence-corrected chi connectivity index (χ0v) is 20.4. The van der Waals surface area contributed by atoms with Crippen molar-refractivity contribution in [3.8, 4) is 0 Å². The summed E-state index contributed by atoms with van der Waals surface area (Å²) in [6.45, 7) is 0. The Hall–Kier alpha value is -1.38. The van der Waals surface area contributed by atoms with Gasteiger partial charge in [-0.3, -0.25) is 19.3 Å². The molecule has 3 rings (SSSR count). The molecule has 2 amide bonds. The number of carbonyl (C=O) groups is 4. The van der Waals surface area contributed by atoms with Gasteiger partial charge in [0.15, 0.2) is 0 Å². The summed E-state index contributed by atoms with van der Waals surface area (Å²) in [5.74, 6) is -3.32. The first kappa shape index (κ1) is 31.6. The van der Waals surface area contributed by atoms with E-state index < -0.39 is 40.9 Å². The van der Waals surface area contributed by atoms with Crippen LogP contribution in [0.4, 0.5) is 0 Å². The Bertz CT molecular complexity index is 1010. The van der Waals surface area contributed by atoms with Crippen molar-refractivity contribution in [3.63, 3.8) is 0 Å². The number of amides is 2. The van der Waals surface area contributed by atoms with E-state index in [4.69, 9.17) is 15.6 Å². The molecule has 0 bridgehead atoms. The van der Waals surface area contributed by atoms with Crippen LogP contribution < -0.4 is 11.1 Å². The van der Waals surface area contributed by atoms with E-state index in [-0.39, 0.29) is 63.7 Å². The van der Waals surface area contributed by atoms with Gasteiger partial charge in [-0.15, -0.1) is 28.6 Å². The topological polar surface area (TPSA) is 234 Å². The van der Waals surface area contributed by atoms with E-state index >= 15 is 0 Å². The molecule has 7 N–H and O–H groups in total. The number of ether oxygens (including phenoxy) is 1. The first-order valence-electron chi connectivity index (χ1n) is 9.30. The van der Waals surface area contributed by atoms with E-state index in [0.29, 0.717) is 10.7 Å². The zero-order valence-electron chi connectivity index (χ0n) is 18.0. The van der Waals surface area contributed by atoms with Crippen molar-refractivity contribution in [3.05, 3.63) is 11.3 Å². The van der Waals surface area contributed by atoms with Gasteiger partial charge in [0, 0.05) is 31.4 Å². The van der Waals surface area contributed by atoms with Gasteiger partial charge in [-0.1, -0.05) is 11.8 Å². The van der Waals surface area contributed by atoms with Gasteiger partial charge < -0.3 is 31.5 Å². The summed E-state index contributed by atoms with van der Waals surface area (Å²) in [5, 5.41) is 31.9. The summed E-state index contributed by atoms with van der Waals surface area (Å²) < 4.78 is 6.82. The molecule has 15 nitrogen and oxygen atoms in total. The van der Waals surface area contributed by atoms with Gasteiger partial charge in [-0.2, -0.15) is 0 Å². The van der Waals surface area contributed by atoms with Gasteiger partial charge in [-0.25, -0.2) is 9.48 Å². The van der Waals surface area contributed by atoms with Crippen LogP contribution in [0.15, 0.2) is 16.4 Å². The Labute approximate surface area is 233 Å². The van der Waals surface area contributed by atoms with Gasteiger partial charge in [0.2, 0.25) is 11.1 Å². The molecule has 0 aliphatic carbocycles. The molecule has 0 spiro atoms. The van der Waals surface area contributed by atoms with Crippen molar-refractivity contribution >= 4 is 88.6 Å². The molecular formula is C16H24N7NaO8S3. The number of thioether (sulfide) groups is 3. The number of carboxylic acid groups (broad SMARTS) is 2. The molecule has 3 heterocycles. The van der Waals surface area contributed by atoms with Crippen molar-refractivity contribution < 1.29 is 39.6 Å². The number of aromatic nitrogens is 4. The molecule has 2 aliphatic heterocycles. The molecule has 1 saturated heterocycles. The third-order valence-corrected chi connectivity index (χ3v) is 8.30. The second-order valence-corrected chi connectivity index (χ2v) is 9.96. The average Bonchev–Trinajstić information content (AvgIpc) is 3.19. The SMILES string of the molecule is CO[C@@]1(NC(=O)CSC[C@@H](N)C(=O)O)C(=O)N2C(C(=O)O)=C(CSc3nnnn3C)CS[C@@H]21.O.[NaH]. The summed E-state index contributed by atoms with van der Waals surface area (Å²) in [4.78, 5) is 49.3. The summed E-state index contributed by atoms with van der Waals surface area (Å²) >= 11 is 3.50. The van der Waals surface area contributed by atoms with Gasteiger partial charge in [0.1, 0.15) is 17.1 Å². The predicted molar refractivity (Wildman–Crippen MR) is 129 cm³/mol. The number of nitrogens with one attached hydrogen (secondary N) is 1. The van der Waals surface area contributed by atoms with E-state index in [1.54, 1.807) is 7.05 Å². The van der Waals surface area contributed by atoms with Crippen LogP contribution in [-0.2, 0) is 31.0 Å². The van der Waals surface area contributed by atoms with Crippen LogP contribution in [-0.4, -0.2) is 141 Å². The first-order valence-corrected chi connectivity index (χ1v) is 12.5. The molecule has 0 radical (unpaired) electrons. The first-order chi connectivity index (χ1) is 15.6. The second-order valence-electron chi connectivity index (χ2n) is 6.92. The number of hydrogen-bond acceptors (Lipinski definition) is 12. The number of methoxy groups -OCH3 is 1. The van der Waals surface area contributed by atoms with Crippen LogP contribution in [0.5, 0.6) is 0 Å². The van der Waals surface area contributed by atoms with E-state index in [1.807, 2.05) is 0 Å². The molecule has 3 atom stereocenters. The van der Waals surface area contributed by atoms with Crippen molar-refractivity contribution in [2.45, 2.75) is 22.3 Å². The van der Waals surface area contributed by atoms with E-state index in [1.165, 1.54) is 35.3 Å². The number of fused-ring (bicyclic) bond motifs is 1. The number of aliphatic carboxylic acids is 2. The molecule has 19 heteroatoms. The molecule has 190 valence electrons. The Kier molecular flexibility index (Phi) is 12.0. The third-order valence-electron chi connectivity index (χ3n) is 4.76. The van der Waals surface area contributed by atoms with Crippen LogP contribution in [0.3, 0.4) is 0 Å². The number of carboxylic acids is 2. The quantitative estimate of drug-likeness (QED) is 0.0896. The molecule has 1 fully saturated rings. The molecule has 2 aliphatic rings. The van der Waals surface area contributed by atoms with Crippen LogP contribution in [0.1, 0.15) is 0 Å². The van der Waals surface area contributed by atoms with Crippen molar-refractivity contribution in [1.82, 2.24) is 30.4 Å². The molecule has 35 heavy (non-hydrogen) atoms. The van der Waals surface area contributed by atoms with Gasteiger partial charge in [0.25, 0.3) is 11.6 Å². The molecule has 1 aromatic heterocycles. The molecule has 0 unspecified atom stereocenters. The van der Waals surface area contributed by atoms with Gasteiger partial charge in [-0.05, 0) is 16.0 Å². The number of rotatable bonds is 11. The maximum absolute atomic E-state index is 13.0. The standard InChI is InChI=1S/C16H21N7O7S3.Na.H2O.H/c1-22-15(19-20-21-22)33-4-7-3-32-14-16(30-2,13(29)23(14)10(7)12(27)28)18-9(24)6-31-5-8(17)11(25)26;;;/h8,14H,3-6,17H2,1-2H3,(H,18,24)(H,25,26)(H,27,28);;1H2;/t8-,14-,16+;;;/m1.../s1. The van der Waals surface area contributed by atoms with Gasteiger partial charge >= 0.3 is 41.5 Å².